The molecule has 96 valence electrons. The number of nitrogens with two attached hydrogens (primary N) is 1. The molecule has 1 aromatic heterocycles. The molecule has 0 aliphatic heterocycles. The molecule has 5 heteroatoms. The average Bonchev–Trinajstić information content (AvgIpc) is 2.79. The first-order valence-electron chi connectivity index (χ1n) is 5.67. The molecule has 0 aliphatic carbocycles. The Bertz CT molecular complexity index is 836. The first-order valence-corrected chi connectivity index (χ1v) is 8.03. The molecule has 19 heavy (non-hydrogen) atoms. The SMILES string of the molecule is NS(=O)(=O)c1sc2ccccc2c1-c1ccccc1. The van der Waals surface area contributed by atoms with Gasteiger partial charge in [0.25, 0.3) is 0 Å². The Kier molecular flexibility index (Phi) is 2.89. The van der Waals surface area contributed by atoms with Crippen molar-refractivity contribution >= 4 is 31.4 Å². The standard InChI is InChI=1S/C14H11NO2S2/c15-19(16,17)14-13(10-6-2-1-3-7-10)11-8-4-5-9-12(11)18-14/h1-9H,(H2,15,16,17). The van der Waals surface area contributed by atoms with Crippen LogP contribution in [-0.4, -0.2) is 8.42 Å². The molecule has 0 saturated carbocycles. The zero-order valence-corrected chi connectivity index (χ0v) is 11.5. The van der Waals surface area contributed by atoms with Gasteiger partial charge in [-0.25, -0.2) is 13.6 Å². The molecule has 0 fully saturated rings. The minimum atomic E-state index is -3.72. The number of benzene rings is 2. The second kappa shape index (κ2) is 4.45. The topological polar surface area (TPSA) is 60.2 Å². The third-order valence-electron chi connectivity index (χ3n) is 2.88. The summed E-state index contributed by atoms with van der Waals surface area (Å²) in [6.45, 7) is 0. The van der Waals surface area contributed by atoms with Crippen molar-refractivity contribution in [1.29, 1.82) is 0 Å². The van der Waals surface area contributed by atoms with Crippen molar-refractivity contribution < 1.29 is 8.42 Å². The van der Waals surface area contributed by atoms with Crippen LogP contribution in [-0.2, 0) is 10.0 Å². The number of hydrogen-bond acceptors (Lipinski definition) is 3. The number of hydrogen-bond donors (Lipinski definition) is 1. The van der Waals surface area contributed by atoms with E-state index < -0.39 is 10.0 Å². The van der Waals surface area contributed by atoms with Gasteiger partial charge in [-0.2, -0.15) is 0 Å². The van der Waals surface area contributed by atoms with Crippen LogP contribution in [0.4, 0.5) is 0 Å². The predicted molar refractivity (Wildman–Crippen MR) is 78.6 cm³/mol. The van der Waals surface area contributed by atoms with Gasteiger partial charge in [-0.15, -0.1) is 11.3 Å². The molecule has 0 radical (unpaired) electrons. The second-order valence-electron chi connectivity index (χ2n) is 4.17. The van der Waals surface area contributed by atoms with E-state index in [-0.39, 0.29) is 4.21 Å². The quantitative estimate of drug-likeness (QED) is 0.787. The summed E-state index contributed by atoms with van der Waals surface area (Å²) in [5, 5.41) is 6.26. The molecule has 0 amide bonds. The lowest BCUT2D eigenvalue weighted by atomic mass is 10.1. The van der Waals surface area contributed by atoms with Gasteiger partial charge >= 0.3 is 0 Å². The van der Waals surface area contributed by atoms with E-state index in [1.54, 1.807) is 0 Å². The summed E-state index contributed by atoms with van der Waals surface area (Å²) in [5.74, 6) is 0. The largest absolute Gasteiger partial charge is 0.248 e. The second-order valence-corrected chi connectivity index (χ2v) is 6.98. The smallest absolute Gasteiger partial charge is 0.224 e. The fraction of sp³-hybridized carbons (Fsp3) is 0. The molecule has 3 rings (SSSR count). The Morgan fingerprint density at radius 3 is 2.21 bits per heavy atom. The average molecular weight is 289 g/mol. The molecule has 3 nitrogen and oxygen atoms in total. The third kappa shape index (κ3) is 2.16. The van der Waals surface area contributed by atoms with Gasteiger partial charge in [0.05, 0.1) is 0 Å². The summed E-state index contributed by atoms with van der Waals surface area (Å²) in [6, 6.07) is 17.1. The fourth-order valence-electron chi connectivity index (χ4n) is 2.10. The van der Waals surface area contributed by atoms with Crippen molar-refractivity contribution in [3.8, 4) is 11.1 Å². The van der Waals surface area contributed by atoms with Crippen LogP contribution in [0, 0.1) is 0 Å². The minimum absolute atomic E-state index is 0.222. The Balaban J connectivity index is 2.45. The Hall–Kier alpha value is -1.69. The Morgan fingerprint density at radius 1 is 0.895 bits per heavy atom. The number of thiophene rings is 1. The number of fused-ring (bicyclic) bond motifs is 1. The van der Waals surface area contributed by atoms with Crippen LogP contribution in [0.2, 0.25) is 0 Å². The lowest BCUT2D eigenvalue weighted by Gasteiger charge is -2.03. The van der Waals surface area contributed by atoms with Gasteiger partial charge in [0.2, 0.25) is 10.0 Å². The van der Waals surface area contributed by atoms with Crippen molar-refractivity contribution in [3.63, 3.8) is 0 Å². The van der Waals surface area contributed by atoms with E-state index in [1.165, 1.54) is 11.3 Å². The highest BCUT2D eigenvalue weighted by Crippen LogP contribution is 2.40. The molecule has 2 aromatic carbocycles. The van der Waals surface area contributed by atoms with Crippen LogP contribution < -0.4 is 5.14 Å². The van der Waals surface area contributed by atoms with Crippen molar-refractivity contribution in [1.82, 2.24) is 0 Å². The molecular weight excluding hydrogens is 278 g/mol. The molecule has 1 heterocycles. The monoisotopic (exact) mass is 289 g/mol. The minimum Gasteiger partial charge on any atom is -0.224 e. The molecule has 2 N–H and O–H groups in total. The lowest BCUT2D eigenvalue weighted by molar-refractivity contribution is 0.600. The molecule has 0 aliphatic rings. The van der Waals surface area contributed by atoms with Crippen LogP contribution in [0.5, 0.6) is 0 Å². The number of primary sulfonamides is 1. The highest BCUT2D eigenvalue weighted by molar-refractivity contribution is 7.91. The van der Waals surface area contributed by atoms with Crippen molar-refractivity contribution in [2.45, 2.75) is 4.21 Å². The molecule has 0 spiro atoms. The zero-order valence-electron chi connectivity index (χ0n) is 9.91. The van der Waals surface area contributed by atoms with Gasteiger partial charge in [-0.05, 0) is 11.6 Å². The van der Waals surface area contributed by atoms with E-state index in [0.717, 1.165) is 15.6 Å². The van der Waals surface area contributed by atoms with E-state index in [1.807, 2.05) is 54.6 Å². The van der Waals surface area contributed by atoms with Crippen LogP contribution in [0.3, 0.4) is 0 Å². The van der Waals surface area contributed by atoms with E-state index in [9.17, 15) is 8.42 Å². The molecule has 0 unspecified atom stereocenters. The molecule has 0 atom stereocenters. The van der Waals surface area contributed by atoms with Crippen molar-refractivity contribution in [2.75, 3.05) is 0 Å². The summed E-state index contributed by atoms with van der Waals surface area (Å²) < 4.78 is 24.7. The van der Waals surface area contributed by atoms with Gasteiger partial charge in [0.1, 0.15) is 4.21 Å². The maximum atomic E-state index is 11.8. The van der Waals surface area contributed by atoms with Crippen molar-refractivity contribution in [3.05, 3.63) is 54.6 Å². The summed E-state index contributed by atoms with van der Waals surface area (Å²) >= 11 is 1.21. The zero-order chi connectivity index (χ0) is 13.5. The highest BCUT2D eigenvalue weighted by atomic mass is 32.2. The molecule has 0 bridgehead atoms. The molecule has 3 aromatic rings. The van der Waals surface area contributed by atoms with Gasteiger partial charge in [-0.1, -0.05) is 48.5 Å². The van der Waals surface area contributed by atoms with E-state index in [4.69, 9.17) is 5.14 Å². The third-order valence-corrected chi connectivity index (χ3v) is 5.52. The van der Waals surface area contributed by atoms with Gasteiger partial charge in [0.15, 0.2) is 0 Å². The number of rotatable bonds is 2. The lowest BCUT2D eigenvalue weighted by Crippen LogP contribution is -2.11. The van der Waals surface area contributed by atoms with Crippen molar-refractivity contribution in [2.24, 2.45) is 5.14 Å². The van der Waals surface area contributed by atoms with Gasteiger partial charge in [0, 0.05) is 15.6 Å². The van der Waals surface area contributed by atoms with Crippen LogP contribution in [0.15, 0.2) is 58.8 Å². The Labute approximate surface area is 115 Å². The van der Waals surface area contributed by atoms with Crippen LogP contribution in [0.1, 0.15) is 0 Å². The summed E-state index contributed by atoms with van der Waals surface area (Å²) in [5.41, 5.74) is 1.56. The molecule has 0 saturated heterocycles. The maximum absolute atomic E-state index is 11.8. The fourth-order valence-corrected chi connectivity index (χ4v) is 4.30. The Morgan fingerprint density at radius 2 is 1.53 bits per heavy atom. The first-order chi connectivity index (χ1) is 9.07. The molecular formula is C14H11NO2S2. The summed E-state index contributed by atoms with van der Waals surface area (Å²) in [4.78, 5) is 0. The van der Waals surface area contributed by atoms with E-state index >= 15 is 0 Å². The maximum Gasteiger partial charge on any atom is 0.248 e. The van der Waals surface area contributed by atoms with Gasteiger partial charge in [-0.3, -0.25) is 0 Å². The van der Waals surface area contributed by atoms with Crippen LogP contribution >= 0.6 is 11.3 Å². The van der Waals surface area contributed by atoms with E-state index in [0.29, 0.717) is 5.56 Å². The number of sulfonamides is 1. The van der Waals surface area contributed by atoms with E-state index in [2.05, 4.69) is 0 Å². The first kappa shape index (κ1) is 12.3. The highest BCUT2D eigenvalue weighted by Gasteiger charge is 2.21. The van der Waals surface area contributed by atoms with Crippen LogP contribution in [0.25, 0.3) is 21.2 Å². The van der Waals surface area contributed by atoms with Gasteiger partial charge < -0.3 is 0 Å². The normalized spacial score (nSPS) is 11.8. The summed E-state index contributed by atoms with van der Waals surface area (Å²) in [6.07, 6.45) is 0. The predicted octanol–water partition coefficient (Wildman–Crippen LogP) is 3.22. The summed E-state index contributed by atoms with van der Waals surface area (Å²) in [7, 11) is -3.72.